The Bertz CT molecular complexity index is 3350. The molecule has 2 nitrogen and oxygen atoms in total. The molecule has 11 aromatic rings. The molecule has 0 saturated carbocycles. The second-order valence-electron chi connectivity index (χ2n) is 15.6. The molecule has 58 heavy (non-hydrogen) atoms. The minimum atomic E-state index is 0.297. The van der Waals surface area contributed by atoms with Crippen LogP contribution in [0.2, 0.25) is 0 Å². The first kappa shape index (κ1) is 32.8. The average molecular weight is 740 g/mol. The van der Waals surface area contributed by atoms with Crippen molar-refractivity contribution in [3.8, 4) is 50.2 Å². The zero-order valence-electron chi connectivity index (χ0n) is 31.8. The maximum Gasteiger partial charge on any atom is 0.137 e. The molecule has 2 heteroatoms. The largest absolute Gasteiger partial charge is 0.456 e. The van der Waals surface area contributed by atoms with E-state index in [1.54, 1.807) is 0 Å². The highest BCUT2D eigenvalue weighted by molar-refractivity contribution is 6.11. The molecule has 272 valence electrons. The van der Waals surface area contributed by atoms with Crippen LogP contribution in [0, 0.1) is 0 Å². The number of hydrogen-bond acceptors (Lipinski definition) is 1. The number of nitrogens with zero attached hydrogens (tertiary/aromatic N) is 1. The van der Waals surface area contributed by atoms with Crippen LogP contribution in [0.3, 0.4) is 0 Å². The molecule has 0 amide bonds. The molecule has 0 aliphatic heterocycles. The molecule has 9 aromatic carbocycles. The Morgan fingerprint density at radius 3 is 1.81 bits per heavy atom. The Kier molecular flexibility index (Phi) is 7.39. The summed E-state index contributed by atoms with van der Waals surface area (Å²) < 4.78 is 8.69. The SMILES string of the molecule is c1ccc(-c2ccc(-c3ccc(C4Cc5ccc(-c6ccc7c(c6)c6ccccc6n7-c6ccc7c(c6)oc6ccccc67)cc5-c5ccccc54)cc3)cc2)cc1. The van der Waals surface area contributed by atoms with E-state index >= 15 is 0 Å². The third kappa shape index (κ3) is 5.26. The lowest BCUT2D eigenvalue weighted by Crippen LogP contribution is -2.12. The van der Waals surface area contributed by atoms with Gasteiger partial charge in [-0.05, 0) is 110 Å². The van der Waals surface area contributed by atoms with Crippen LogP contribution in [-0.2, 0) is 6.42 Å². The number of hydrogen-bond donors (Lipinski definition) is 0. The first-order valence-corrected chi connectivity index (χ1v) is 20.2. The quantitative estimate of drug-likeness (QED) is 0.172. The van der Waals surface area contributed by atoms with Gasteiger partial charge in [-0.3, -0.25) is 0 Å². The first-order valence-electron chi connectivity index (χ1n) is 20.2. The normalized spacial score (nSPS) is 13.6. The van der Waals surface area contributed by atoms with Crippen molar-refractivity contribution in [1.29, 1.82) is 0 Å². The third-order valence-electron chi connectivity index (χ3n) is 12.4. The molecule has 2 aromatic heterocycles. The van der Waals surface area contributed by atoms with Gasteiger partial charge in [-0.25, -0.2) is 0 Å². The highest BCUT2D eigenvalue weighted by Gasteiger charge is 2.26. The topological polar surface area (TPSA) is 18.1 Å². The van der Waals surface area contributed by atoms with Gasteiger partial charge in [0.15, 0.2) is 0 Å². The van der Waals surface area contributed by atoms with E-state index in [0.717, 1.165) is 34.0 Å². The van der Waals surface area contributed by atoms with Crippen LogP contribution in [0.25, 0.3) is 93.9 Å². The molecule has 0 spiro atoms. The zero-order valence-corrected chi connectivity index (χ0v) is 31.8. The van der Waals surface area contributed by atoms with Crippen LogP contribution in [0.5, 0.6) is 0 Å². The number of para-hydroxylation sites is 2. The molecular formula is C56H37NO. The van der Waals surface area contributed by atoms with Gasteiger partial charge in [0, 0.05) is 39.2 Å². The Hall–Kier alpha value is -7.42. The van der Waals surface area contributed by atoms with E-state index < -0.39 is 0 Å². The molecule has 1 unspecified atom stereocenters. The summed E-state index contributed by atoms with van der Waals surface area (Å²) in [5, 5.41) is 4.77. The summed E-state index contributed by atoms with van der Waals surface area (Å²) in [6.45, 7) is 0. The van der Waals surface area contributed by atoms with Crippen LogP contribution in [0.4, 0.5) is 0 Å². The monoisotopic (exact) mass is 739 g/mol. The minimum Gasteiger partial charge on any atom is -0.456 e. The molecule has 0 radical (unpaired) electrons. The van der Waals surface area contributed by atoms with Gasteiger partial charge in [-0.1, -0.05) is 158 Å². The number of rotatable bonds is 5. The molecule has 0 bridgehead atoms. The number of fused-ring (bicyclic) bond motifs is 9. The van der Waals surface area contributed by atoms with Gasteiger partial charge in [-0.2, -0.15) is 0 Å². The first-order chi connectivity index (χ1) is 28.7. The maximum absolute atomic E-state index is 6.32. The van der Waals surface area contributed by atoms with Gasteiger partial charge in [-0.15, -0.1) is 0 Å². The Labute approximate surface area is 336 Å². The number of benzene rings is 9. The van der Waals surface area contributed by atoms with Gasteiger partial charge in [0.1, 0.15) is 11.2 Å². The van der Waals surface area contributed by atoms with Crippen LogP contribution in [0.1, 0.15) is 22.6 Å². The van der Waals surface area contributed by atoms with Crippen molar-refractivity contribution in [1.82, 2.24) is 4.57 Å². The van der Waals surface area contributed by atoms with Crippen molar-refractivity contribution in [2.75, 3.05) is 0 Å². The summed E-state index contributed by atoms with van der Waals surface area (Å²) in [7, 11) is 0. The van der Waals surface area contributed by atoms with E-state index in [1.807, 2.05) is 12.1 Å². The summed E-state index contributed by atoms with van der Waals surface area (Å²) >= 11 is 0. The Morgan fingerprint density at radius 1 is 0.379 bits per heavy atom. The lowest BCUT2D eigenvalue weighted by molar-refractivity contribution is 0.668. The van der Waals surface area contributed by atoms with E-state index in [2.05, 4.69) is 199 Å². The van der Waals surface area contributed by atoms with Crippen molar-refractivity contribution >= 4 is 43.7 Å². The summed E-state index contributed by atoms with van der Waals surface area (Å²) in [5.74, 6) is 0.297. The summed E-state index contributed by atoms with van der Waals surface area (Å²) in [6.07, 6.45) is 0.972. The van der Waals surface area contributed by atoms with E-state index in [-0.39, 0.29) is 0 Å². The molecule has 1 aliphatic carbocycles. The van der Waals surface area contributed by atoms with Gasteiger partial charge in [0.25, 0.3) is 0 Å². The molecule has 0 saturated heterocycles. The lowest BCUT2D eigenvalue weighted by atomic mass is 9.75. The molecule has 1 atom stereocenters. The molecule has 1 aliphatic rings. The predicted molar refractivity (Wildman–Crippen MR) is 242 cm³/mol. The summed E-state index contributed by atoms with van der Waals surface area (Å²) in [6, 6.07) is 75.4. The molecule has 12 rings (SSSR count). The summed E-state index contributed by atoms with van der Waals surface area (Å²) in [5.41, 5.74) is 19.5. The van der Waals surface area contributed by atoms with Crippen molar-refractivity contribution in [2.24, 2.45) is 0 Å². The Balaban J connectivity index is 0.880. The number of aromatic nitrogens is 1. The second-order valence-corrected chi connectivity index (χ2v) is 15.6. The van der Waals surface area contributed by atoms with Crippen molar-refractivity contribution in [3.05, 3.63) is 223 Å². The summed E-state index contributed by atoms with van der Waals surface area (Å²) in [4.78, 5) is 0. The maximum atomic E-state index is 6.32. The van der Waals surface area contributed by atoms with Crippen LogP contribution in [-0.4, -0.2) is 4.57 Å². The number of furan rings is 1. The van der Waals surface area contributed by atoms with Gasteiger partial charge < -0.3 is 8.98 Å². The predicted octanol–water partition coefficient (Wildman–Crippen LogP) is 15.0. The smallest absolute Gasteiger partial charge is 0.137 e. The minimum absolute atomic E-state index is 0.297. The third-order valence-corrected chi connectivity index (χ3v) is 12.4. The fourth-order valence-corrected chi connectivity index (χ4v) is 9.54. The van der Waals surface area contributed by atoms with E-state index in [1.165, 1.54) is 83.0 Å². The van der Waals surface area contributed by atoms with Crippen LogP contribution in [0.15, 0.2) is 211 Å². The second kappa shape index (κ2) is 13.1. The molecule has 2 heterocycles. The highest BCUT2D eigenvalue weighted by atomic mass is 16.3. The zero-order chi connectivity index (χ0) is 38.2. The van der Waals surface area contributed by atoms with E-state index in [9.17, 15) is 0 Å². The van der Waals surface area contributed by atoms with Gasteiger partial charge >= 0.3 is 0 Å². The molecular weight excluding hydrogens is 703 g/mol. The fourth-order valence-electron chi connectivity index (χ4n) is 9.54. The molecule has 0 fully saturated rings. The van der Waals surface area contributed by atoms with Crippen molar-refractivity contribution in [2.45, 2.75) is 12.3 Å². The van der Waals surface area contributed by atoms with E-state index in [0.29, 0.717) is 5.92 Å². The molecule has 0 N–H and O–H groups in total. The Morgan fingerprint density at radius 2 is 0.983 bits per heavy atom. The van der Waals surface area contributed by atoms with Gasteiger partial charge in [0.05, 0.1) is 11.0 Å². The van der Waals surface area contributed by atoms with Gasteiger partial charge in [0.2, 0.25) is 0 Å². The van der Waals surface area contributed by atoms with Crippen LogP contribution < -0.4 is 0 Å². The van der Waals surface area contributed by atoms with E-state index in [4.69, 9.17) is 4.42 Å². The average Bonchev–Trinajstić information content (AvgIpc) is 3.84. The van der Waals surface area contributed by atoms with Crippen molar-refractivity contribution < 1.29 is 4.42 Å². The fraction of sp³-hybridized carbons (Fsp3) is 0.0357. The van der Waals surface area contributed by atoms with Crippen LogP contribution >= 0.6 is 0 Å². The highest BCUT2D eigenvalue weighted by Crippen LogP contribution is 2.45. The lowest BCUT2D eigenvalue weighted by Gasteiger charge is -2.29. The standard InChI is InChI=1S/C56H37NO/c1-2-10-36(11-3-1)37-18-20-38(21-19-37)39-22-24-40(25-23-39)50-34-43-27-26-41(32-51(43)46-13-5-4-12-45(46)50)42-28-31-54-52(33-42)47-14-6-8-16-53(47)57(54)44-29-30-49-48-15-7-9-17-55(48)58-56(49)35-44/h1-33,35,50H,34H2. The van der Waals surface area contributed by atoms with Crippen molar-refractivity contribution in [3.63, 3.8) is 0 Å².